The quantitative estimate of drug-likeness (QED) is 0.295. The Balaban J connectivity index is 1.36. The molecule has 2 saturated carbocycles. The van der Waals surface area contributed by atoms with Gasteiger partial charge in [0, 0.05) is 25.2 Å². The van der Waals surface area contributed by atoms with Crippen LogP contribution in [0.1, 0.15) is 51.4 Å². The zero-order valence-electron chi connectivity index (χ0n) is 17.2. The first-order valence-electron chi connectivity index (χ1n) is 11.4. The molecular weight excluding hydrogens is 396 g/mol. The second-order valence-electron chi connectivity index (χ2n) is 9.59. The fourth-order valence-corrected chi connectivity index (χ4v) is 5.81. The van der Waals surface area contributed by atoms with E-state index < -0.39 is 49.5 Å². The molecule has 4 aliphatic rings. The molecule has 9 nitrogen and oxygen atoms in total. The first kappa shape index (κ1) is 22.8. The molecule has 2 heterocycles. The molecule has 9 heteroatoms. The van der Waals surface area contributed by atoms with E-state index in [1.54, 1.807) is 0 Å². The minimum Gasteiger partial charge on any atom is -0.429 e. The summed E-state index contributed by atoms with van der Waals surface area (Å²) in [6.07, 6.45) is -0.964. The van der Waals surface area contributed by atoms with Crippen LogP contribution >= 0.6 is 0 Å². The summed E-state index contributed by atoms with van der Waals surface area (Å²) < 4.78 is 16.4. The summed E-state index contributed by atoms with van der Waals surface area (Å²) in [6.45, 7) is -0.504. The van der Waals surface area contributed by atoms with E-state index in [0.717, 1.165) is 38.5 Å². The third-order valence-corrected chi connectivity index (χ3v) is 7.64. The lowest BCUT2D eigenvalue weighted by molar-refractivity contribution is -0.326. The predicted molar refractivity (Wildman–Crippen MR) is 104 cm³/mol. The minimum atomic E-state index is -1.48. The highest BCUT2D eigenvalue weighted by Crippen LogP contribution is 2.41. The van der Waals surface area contributed by atoms with E-state index in [4.69, 9.17) is 14.2 Å². The van der Waals surface area contributed by atoms with Gasteiger partial charge < -0.3 is 44.8 Å². The lowest BCUT2D eigenvalue weighted by Crippen LogP contribution is -2.60. The van der Waals surface area contributed by atoms with Gasteiger partial charge in [-0.25, -0.2) is 0 Å². The highest BCUT2D eigenvalue weighted by atomic mass is 16.7. The number of hydrogen-bond acceptors (Lipinski definition) is 8. The SMILES string of the molecule is OCC1OC(OC2CC(O)C3CCC(C4CCC(O)CC4)[OH+]C3C2)C(O)C(O)C1O. The molecule has 10 unspecified atom stereocenters. The van der Waals surface area contributed by atoms with Crippen molar-refractivity contribution in [1.82, 2.24) is 0 Å². The summed E-state index contributed by atoms with van der Waals surface area (Å²) in [7, 11) is 0. The van der Waals surface area contributed by atoms with E-state index >= 15 is 0 Å². The van der Waals surface area contributed by atoms with E-state index in [-0.39, 0.29) is 24.2 Å². The third kappa shape index (κ3) is 4.69. The maximum absolute atomic E-state index is 10.7. The molecule has 0 bridgehead atoms. The van der Waals surface area contributed by atoms with Gasteiger partial charge in [0.25, 0.3) is 0 Å². The van der Waals surface area contributed by atoms with Crippen molar-refractivity contribution in [2.75, 3.05) is 6.61 Å². The monoisotopic (exact) mass is 433 g/mol. The Morgan fingerprint density at radius 1 is 0.800 bits per heavy atom. The predicted octanol–water partition coefficient (Wildman–Crippen LogP) is -1.45. The number of fused-ring (bicyclic) bond motifs is 1. The first-order chi connectivity index (χ1) is 14.4. The fraction of sp³-hybridized carbons (Fsp3) is 1.00. The van der Waals surface area contributed by atoms with Crippen molar-refractivity contribution in [1.29, 1.82) is 0 Å². The molecule has 7 N–H and O–H groups in total. The number of ether oxygens (including phenoxy) is 3. The molecule has 2 aliphatic heterocycles. The molecule has 4 rings (SSSR count). The molecule has 0 aromatic heterocycles. The van der Waals surface area contributed by atoms with Crippen LogP contribution < -0.4 is 0 Å². The van der Waals surface area contributed by atoms with Crippen LogP contribution in [0.4, 0.5) is 0 Å². The summed E-state index contributed by atoms with van der Waals surface area (Å²) in [5.41, 5.74) is 0. The largest absolute Gasteiger partial charge is 0.429 e. The van der Waals surface area contributed by atoms with Gasteiger partial charge in [0.1, 0.15) is 24.4 Å². The second kappa shape index (κ2) is 9.64. The average molecular weight is 434 g/mol. The molecule has 0 amide bonds. The van der Waals surface area contributed by atoms with E-state index in [2.05, 4.69) is 0 Å². The molecule has 2 aliphatic carbocycles. The topological polar surface area (TPSA) is 153 Å². The summed E-state index contributed by atoms with van der Waals surface area (Å²) in [6, 6.07) is 0. The standard InChI is InChI=1S/C21H36O9/c22-9-17-18(25)19(26)20(27)21(30-17)28-12-7-14(24)13-5-6-15(29-16(13)8-12)10-1-3-11(23)4-2-10/h10-27H,1-9H2/p+1. The van der Waals surface area contributed by atoms with Gasteiger partial charge in [0.2, 0.25) is 0 Å². The molecule has 10 atom stereocenters. The van der Waals surface area contributed by atoms with Crippen LogP contribution in [0, 0.1) is 11.8 Å². The van der Waals surface area contributed by atoms with Crippen LogP contribution in [0.5, 0.6) is 0 Å². The summed E-state index contributed by atoms with van der Waals surface area (Å²) >= 11 is 0. The molecular formula is C21H37O9+. The molecule has 0 aromatic rings. The van der Waals surface area contributed by atoms with E-state index in [1.165, 1.54) is 0 Å². The Morgan fingerprint density at radius 2 is 1.53 bits per heavy atom. The van der Waals surface area contributed by atoms with E-state index in [0.29, 0.717) is 18.8 Å². The maximum Gasteiger partial charge on any atom is 0.186 e. The Hall–Kier alpha value is -0.360. The highest BCUT2D eigenvalue weighted by Gasteiger charge is 2.50. The number of rotatable bonds is 4. The molecule has 0 aromatic carbocycles. The second-order valence-corrected chi connectivity index (χ2v) is 9.59. The maximum atomic E-state index is 10.7. The van der Waals surface area contributed by atoms with Crippen LogP contribution in [0.25, 0.3) is 0 Å². The van der Waals surface area contributed by atoms with Gasteiger partial charge >= 0.3 is 0 Å². The Kier molecular flexibility index (Phi) is 7.33. The van der Waals surface area contributed by atoms with Crippen molar-refractivity contribution in [2.45, 2.75) is 113 Å². The van der Waals surface area contributed by atoms with Crippen LogP contribution in [0.2, 0.25) is 0 Å². The van der Waals surface area contributed by atoms with Crippen molar-refractivity contribution in [3.8, 4) is 0 Å². The van der Waals surface area contributed by atoms with Crippen LogP contribution in [0.3, 0.4) is 0 Å². The summed E-state index contributed by atoms with van der Waals surface area (Å²) in [4.78, 5) is 0. The Morgan fingerprint density at radius 3 is 2.23 bits per heavy atom. The lowest BCUT2D eigenvalue weighted by Gasteiger charge is -2.45. The van der Waals surface area contributed by atoms with Crippen molar-refractivity contribution in [2.24, 2.45) is 11.8 Å². The first-order valence-corrected chi connectivity index (χ1v) is 11.4. The van der Waals surface area contributed by atoms with Crippen LogP contribution in [-0.2, 0) is 9.47 Å². The zero-order chi connectivity index (χ0) is 21.4. The smallest absolute Gasteiger partial charge is 0.186 e. The van der Waals surface area contributed by atoms with Crippen LogP contribution in [-0.4, -0.2) is 103 Å². The van der Waals surface area contributed by atoms with Crippen molar-refractivity contribution in [3.63, 3.8) is 0 Å². The minimum absolute atomic E-state index is 0.0331. The molecule has 0 spiro atoms. The summed E-state index contributed by atoms with van der Waals surface area (Å²) in [5, 5.41) is 59.9. The van der Waals surface area contributed by atoms with Crippen molar-refractivity contribution >= 4 is 0 Å². The molecule has 30 heavy (non-hydrogen) atoms. The van der Waals surface area contributed by atoms with E-state index in [1.807, 2.05) is 0 Å². The highest BCUT2D eigenvalue weighted by molar-refractivity contribution is 4.94. The van der Waals surface area contributed by atoms with Gasteiger partial charge in [-0.05, 0) is 32.1 Å². The molecule has 174 valence electrons. The number of aliphatic hydroxyl groups excluding tert-OH is 6. The van der Waals surface area contributed by atoms with Gasteiger partial charge in [0.05, 0.1) is 30.8 Å². The summed E-state index contributed by atoms with van der Waals surface area (Å²) in [5.74, 6) is 0.586. The fourth-order valence-electron chi connectivity index (χ4n) is 5.81. The van der Waals surface area contributed by atoms with Gasteiger partial charge in [-0.1, -0.05) is 0 Å². The average Bonchev–Trinajstić information content (AvgIpc) is 2.74. The Labute approximate surface area is 176 Å². The van der Waals surface area contributed by atoms with Crippen LogP contribution in [0.15, 0.2) is 0 Å². The third-order valence-electron chi connectivity index (χ3n) is 7.64. The molecule has 2 saturated heterocycles. The van der Waals surface area contributed by atoms with Gasteiger partial charge in [-0.15, -0.1) is 0 Å². The van der Waals surface area contributed by atoms with Gasteiger partial charge in [0.15, 0.2) is 18.5 Å². The van der Waals surface area contributed by atoms with Gasteiger partial charge in [-0.2, -0.15) is 0 Å². The number of hydrogen-bond donors (Lipinski definition) is 6. The molecule has 0 radical (unpaired) electrons. The van der Waals surface area contributed by atoms with Gasteiger partial charge in [-0.3, -0.25) is 0 Å². The van der Waals surface area contributed by atoms with E-state index in [9.17, 15) is 30.6 Å². The zero-order valence-corrected chi connectivity index (χ0v) is 17.2. The lowest BCUT2D eigenvalue weighted by atomic mass is 9.74. The van der Waals surface area contributed by atoms with Crippen molar-refractivity contribution < 1.29 is 44.8 Å². The van der Waals surface area contributed by atoms with Crippen molar-refractivity contribution in [3.05, 3.63) is 0 Å². The Bertz CT molecular complexity index is 553. The normalized spacial score (nSPS) is 52.6. The number of aliphatic hydroxyl groups is 8. The molecule has 4 fully saturated rings.